The molecular weight excluding hydrogens is 256 g/mol. The zero-order valence-corrected chi connectivity index (χ0v) is 11.1. The Morgan fingerprint density at radius 3 is 2.70 bits per heavy atom. The van der Waals surface area contributed by atoms with E-state index in [9.17, 15) is 9.59 Å². The molecule has 4 heteroatoms. The Hall–Kier alpha value is -2.36. The predicted molar refractivity (Wildman–Crippen MR) is 73.4 cm³/mol. The van der Waals surface area contributed by atoms with E-state index < -0.39 is 17.9 Å². The van der Waals surface area contributed by atoms with Gasteiger partial charge in [0.15, 0.2) is 5.92 Å². The van der Waals surface area contributed by atoms with Crippen molar-refractivity contribution in [2.45, 2.75) is 13.3 Å². The first kappa shape index (κ1) is 12.7. The Labute approximate surface area is 116 Å². The molecule has 1 aliphatic heterocycles. The van der Waals surface area contributed by atoms with Crippen LogP contribution in [0.2, 0.25) is 0 Å². The molecule has 0 fully saturated rings. The molecule has 0 amide bonds. The lowest BCUT2D eigenvalue weighted by Crippen LogP contribution is -2.35. The van der Waals surface area contributed by atoms with Crippen LogP contribution in [0.1, 0.15) is 12.5 Å². The number of fused-ring (bicyclic) bond motifs is 2. The smallest absolute Gasteiger partial charge is 0.326 e. The highest BCUT2D eigenvalue weighted by Gasteiger charge is 2.35. The fourth-order valence-electron chi connectivity index (χ4n) is 2.43. The summed E-state index contributed by atoms with van der Waals surface area (Å²) in [5.41, 5.74) is 0.862. The quantitative estimate of drug-likeness (QED) is 0.478. The van der Waals surface area contributed by atoms with Gasteiger partial charge < -0.3 is 9.47 Å². The van der Waals surface area contributed by atoms with Crippen molar-refractivity contribution in [2.24, 2.45) is 5.92 Å². The maximum absolute atomic E-state index is 11.9. The summed E-state index contributed by atoms with van der Waals surface area (Å²) in [4.78, 5) is 23.6. The first-order valence-corrected chi connectivity index (χ1v) is 6.59. The van der Waals surface area contributed by atoms with Crippen LogP contribution >= 0.6 is 0 Å². The standard InChI is InChI=1S/C16H14O4/c1-2-19-15(17)13-8-12-7-10-5-3-4-6-11(10)9-14(12)20-16(13)18/h3-7,9,13H,2,8H2,1H3. The Kier molecular flexibility index (Phi) is 3.14. The number of rotatable bonds is 2. The Balaban J connectivity index is 1.99. The number of ether oxygens (including phenoxy) is 2. The van der Waals surface area contributed by atoms with Crippen molar-refractivity contribution in [2.75, 3.05) is 6.61 Å². The van der Waals surface area contributed by atoms with Crippen LogP contribution in [0.3, 0.4) is 0 Å². The third-order valence-electron chi connectivity index (χ3n) is 3.42. The van der Waals surface area contributed by atoms with Gasteiger partial charge >= 0.3 is 11.9 Å². The van der Waals surface area contributed by atoms with E-state index in [4.69, 9.17) is 9.47 Å². The Morgan fingerprint density at radius 2 is 2.00 bits per heavy atom. The van der Waals surface area contributed by atoms with Gasteiger partial charge in [-0.2, -0.15) is 0 Å². The van der Waals surface area contributed by atoms with E-state index in [-0.39, 0.29) is 6.61 Å². The minimum atomic E-state index is -0.858. The first-order chi connectivity index (χ1) is 9.69. The second kappa shape index (κ2) is 4.96. The molecule has 2 aromatic rings. The van der Waals surface area contributed by atoms with Gasteiger partial charge in [0, 0.05) is 6.42 Å². The summed E-state index contributed by atoms with van der Waals surface area (Å²) in [5, 5.41) is 2.07. The fraction of sp³-hybridized carbons (Fsp3) is 0.250. The van der Waals surface area contributed by atoms with Crippen LogP contribution < -0.4 is 4.74 Å². The predicted octanol–water partition coefficient (Wildman–Crippen LogP) is 2.48. The summed E-state index contributed by atoms with van der Waals surface area (Å²) in [5.74, 6) is -1.37. The molecule has 0 N–H and O–H groups in total. The van der Waals surface area contributed by atoms with E-state index in [1.165, 1.54) is 0 Å². The van der Waals surface area contributed by atoms with Crippen molar-refractivity contribution in [3.05, 3.63) is 42.0 Å². The average Bonchev–Trinajstić information content (AvgIpc) is 2.44. The van der Waals surface area contributed by atoms with Crippen molar-refractivity contribution in [3.8, 4) is 5.75 Å². The highest BCUT2D eigenvalue weighted by molar-refractivity contribution is 5.98. The first-order valence-electron chi connectivity index (χ1n) is 6.59. The maximum atomic E-state index is 11.9. The van der Waals surface area contributed by atoms with Crippen LogP contribution in [-0.2, 0) is 20.7 Å². The van der Waals surface area contributed by atoms with Gasteiger partial charge in [0.25, 0.3) is 0 Å². The van der Waals surface area contributed by atoms with Crippen LogP contribution in [0, 0.1) is 5.92 Å². The van der Waals surface area contributed by atoms with Gasteiger partial charge in [-0.25, -0.2) is 0 Å². The van der Waals surface area contributed by atoms with Gasteiger partial charge in [0.2, 0.25) is 0 Å². The highest BCUT2D eigenvalue weighted by atomic mass is 16.6. The molecule has 1 heterocycles. The summed E-state index contributed by atoms with van der Waals surface area (Å²) in [6, 6.07) is 11.6. The lowest BCUT2D eigenvalue weighted by atomic mass is 9.94. The minimum absolute atomic E-state index is 0.257. The lowest BCUT2D eigenvalue weighted by molar-refractivity contribution is -0.157. The lowest BCUT2D eigenvalue weighted by Gasteiger charge is -2.22. The highest BCUT2D eigenvalue weighted by Crippen LogP contribution is 2.32. The number of benzene rings is 2. The van der Waals surface area contributed by atoms with E-state index in [2.05, 4.69) is 0 Å². The van der Waals surface area contributed by atoms with Crippen molar-refractivity contribution in [1.29, 1.82) is 0 Å². The topological polar surface area (TPSA) is 52.6 Å². The number of hydrogen-bond acceptors (Lipinski definition) is 4. The van der Waals surface area contributed by atoms with E-state index in [0.29, 0.717) is 12.2 Å². The molecule has 20 heavy (non-hydrogen) atoms. The summed E-state index contributed by atoms with van der Waals surface area (Å²) >= 11 is 0. The van der Waals surface area contributed by atoms with Gasteiger partial charge in [-0.3, -0.25) is 9.59 Å². The molecule has 0 spiro atoms. The molecule has 1 atom stereocenters. The fourth-order valence-corrected chi connectivity index (χ4v) is 2.43. The van der Waals surface area contributed by atoms with Crippen LogP contribution in [0.15, 0.2) is 36.4 Å². The van der Waals surface area contributed by atoms with Gasteiger partial charge in [-0.15, -0.1) is 0 Å². The Morgan fingerprint density at radius 1 is 1.30 bits per heavy atom. The zero-order chi connectivity index (χ0) is 14.1. The third kappa shape index (κ3) is 2.13. The summed E-state index contributed by atoms with van der Waals surface area (Å²) in [7, 11) is 0. The van der Waals surface area contributed by atoms with Gasteiger partial charge in [-0.05, 0) is 35.4 Å². The number of carbonyl (C=O) groups excluding carboxylic acids is 2. The molecule has 2 aromatic carbocycles. The summed E-state index contributed by atoms with van der Waals surface area (Å²) < 4.78 is 10.2. The molecular formula is C16H14O4. The number of hydrogen-bond donors (Lipinski definition) is 0. The Bertz CT molecular complexity index is 690. The average molecular weight is 270 g/mol. The summed E-state index contributed by atoms with van der Waals surface area (Å²) in [6.07, 6.45) is 0.331. The molecule has 102 valence electrons. The molecule has 0 saturated heterocycles. The molecule has 3 rings (SSSR count). The largest absolute Gasteiger partial charge is 0.465 e. The van der Waals surface area contributed by atoms with E-state index in [1.54, 1.807) is 6.92 Å². The molecule has 0 aliphatic carbocycles. The van der Waals surface area contributed by atoms with Crippen LogP contribution in [0.5, 0.6) is 5.75 Å². The summed E-state index contributed by atoms with van der Waals surface area (Å²) in [6.45, 7) is 1.97. The van der Waals surface area contributed by atoms with Gasteiger partial charge in [-0.1, -0.05) is 24.3 Å². The van der Waals surface area contributed by atoms with Crippen LogP contribution in [0.25, 0.3) is 10.8 Å². The van der Waals surface area contributed by atoms with Crippen LogP contribution in [0.4, 0.5) is 0 Å². The van der Waals surface area contributed by atoms with Crippen molar-refractivity contribution < 1.29 is 19.1 Å². The van der Waals surface area contributed by atoms with Crippen molar-refractivity contribution in [3.63, 3.8) is 0 Å². The van der Waals surface area contributed by atoms with E-state index in [1.807, 2.05) is 36.4 Å². The molecule has 0 radical (unpaired) electrons. The SMILES string of the molecule is CCOC(=O)C1Cc2cc3ccccc3cc2OC1=O. The normalized spacial score (nSPS) is 17.4. The van der Waals surface area contributed by atoms with Gasteiger partial charge in [0.1, 0.15) is 5.75 Å². The molecule has 1 unspecified atom stereocenters. The molecule has 4 nitrogen and oxygen atoms in total. The van der Waals surface area contributed by atoms with E-state index >= 15 is 0 Å². The van der Waals surface area contributed by atoms with E-state index in [0.717, 1.165) is 16.3 Å². The van der Waals surface area contributed by atoms with Crippen molar-refractivity contribution in [1.82, 2.24) is 0 Å². The zero-order valence-electron chi connectivity index (χ0n) is 11.1. The second-order valence-corrected chi connectivity index (χ2v) is 4.74. The molecule has 0 bridgehead atoms. The molecule has 0 aromatic heterocycles. The maximum Gasteiger partial charge on any atom is 0.326 e. The molecule has 0 saturated carbocycles. The molecule has 1 aliphatic rings. The monoisotopic (exact) mass is 270 g/mol. The van der Waals surface area contributed by atoms with Crippen molar-refractivity contribution >= 4 is 22.7 Å². The number of esters is 2. The second-order valence-electron chi connectivity index (χ2n) is 4.74. The number of carbonyl (C=O) groups is 2. The minimum Gasteiger partial charge on any atom is -0.465 e. The van der Waals surface area contributed by atoms with Gasteiger partial charge in [0.05, 0.1) is 6.61 Å². The van der Waals surface area contributed by atoms with Crippen LogP contribution in [-0.4, -0.2) is 18.5 Å². The third-order valence-corrected chi connectivity index (χ3v) is 3.42.